The summed E-state index contributed by atoms with van der Waals surface area (Å²) in [5.41, 5.74) is 1.80. The van der Waals surface area contributed by atoms with Crippen LogP contribution in [-0.2, 0) is 6.42 Å². The molecule has 0 aliphatic carbocycles. The van der Waals surface area contributed by atoms with Crippen LogP contribution in [0.5, 0.6) is 5.88 Å². The van der Waals surface area contributed by atoms with Gasteiger partial charge >= 0.3 is 0 Å². The first-order valence-corrected chi connectivity index (χ1v) is 6.81. The van der Waals surface area contributed by atoms with Crippen molar-refractivity contribution in [3.05, 3.63) is 52.9 Å². The van der Waals surface area contributed by atoms with Gasteiger partial charge < -0.3 is 4.74 Å². The number of hydrogen-bond donors (Lipinski definition) is 0. The van der Waals surface area contributed by atoms with Crippen LogP contribution in [-0.4, -0.2) is 16.6 Å². The third-order valence-corrected chi connectivity index (χ3v) is 3.20. The van der Waals surface area contributed by atoms with Crippen LogP contribution >= 0.6 is 23.2 Å². The summed E-state index contributed by atoms with van der Waals surface area (Å²) in [6.45, 7) is 2.32. The molecule has 1 heterocycles. The lowest BCUT2D eigenvalue weighted by Gasteiger charge is -2.10. The topological polar surface area (TPSA) is 35.0 Å². The molecule has 2 rings (SSSR count). The smallest absolute Gasteiger partial charge is 0.236 e. The lowest BCUT2D eigenvalue weighted by molar-refractivity contribution is 0.308. The monoisotopic (exact) mass is 296 g/mol. The Morgan fingerprint density at radius 3 is 2.63 bits per heavy atom. The normalized spacial score (nSPS) is 12.2. The van der Waals surface area contributed by atoms with Gasteiger partial charge in [0.2, 0.25) is 5.88 Å². The lowest BCUT2D eigenvalue weighted by atomic mass is 10.2. The van der Waals surface area contributed by atoms with E-state index in [1.54, 1.807) is 0 Å². The van der Waals surface area contributed by atoms with Gasteiger partial charge in [-0.05, 0) is 12.5 Å². The zero-order valence-electron chi connectivity index (χ0n) is 10.5. The van der Waals surface area contributed by atoms with Gasteiger partial charge in [-0.3, -0.25) is 0 Å². The van der Waals surface area contributed by atoms with Crippen molar-refractivity contribution in [2.75, 3.05) is 6.61 Å². The molecule has 0 bridgehead atoms. The van der Waals surface area contributed by atoms with Gasteiger partial charge in [-0.25, -0.2) is 9.97 Å². The third-order valence-electron chi connectivity index (χ3n) is 2.63. The molecular formula is C14H14Cl2N2O. The highest BCUT2D eigenvalue weighted by molar-refractivity contribution is 6.33. The molecule has 0 aliphatic heterocycles. The molecule has 0 radical (unpaired) electrons. The Hall–Kier alpha value is -1.32. The Kier molecular flexibility index (Phi) is 5.00. The van der Waals surface area contributed by atoms with Crippen LogP contribution in [0.2, 0.25) is 5.02 Å². The number of ether oxygens (including phenoxy) is 1. The first-order valence-electron chi connectivity index (χ1n) is 5.99. The summed E-state index contributed by atoms with van der Waals surface area (Å²) in [4.78, 5) is 8.08. The van der Waals surface area contributed by atoms with Crippen molar-refractivity contribution in [2.24, 2.45) is 0 Å². The second-order valence-corrected chi connectivity index (χ2v) is 5.11. The zero-order valence-corrected chi connectivity index (χ0v) is 12.0. The second kappa shape index (κ2) is 6.73. The van der Waals surface area contributed by atoms with Crippen molar-refractivity contribution in [2.45, 2.75) is 18.7 Å². The maximum atomic E-state index is 6.15. The van der Waals surface area contributed by atoms with Crippen molar-refractivity contribution in [1.29, 1.82) is 0 Å². The molecule has 0 N–H and O–H groups in total. The zero-order chi connectivity index (χ0) is 13.7. The Morgan fingerprint density at radius 1 is 1.21 bits per heavy atom. The van der Waals surface area contributed by atoms with Crippen LogP contribution in [0.1, 0.15) is 23.6 Å². The lowest BCUT2D eigenvalue weighted by Crippen LogP contribution is -2.05. The molecule has 1 atom stereocenters. The van der Waals surface area contributed by atoms with Gasteiger partial charge in [0.25, 0.3) is 0 Å². The minimum Gasteiger partial charge on any atom is -0.476 e. The molecule has 1 unspecified atom stereocenters. The van der Waals surface area contributed by atoms with E-state index in [0.717, 1.165) is 6.42 Å². The first kappa shape index (κ1) is 14.1. The van der Waals surface area contributed by atoms with E-state index >= 15 is 0 Å². The second-order valence-electron chi connectivity index (χ2n) is 4.08. The summed E-state index contributed by atoms with van der Waals surface area (Å²) in [5.74, 6) is 0.384. The van der Waals surface area contributed by atoms with Gasteiger partial charge in [-0.1, -0.05) is 41.9 Å². The van der Waals surface area contributed by atoms with Crippen molar-refractivity contribution >= 4 is 23.2 Å². The highest BCUT2D eigenvalue weighted by atomic mass is 35.5. The van der Waals surface area contributed by atoms with E-state index in [1.807, 2.05) is 25.1 Å². The summed E-state index contributed by atoms with van der Waals surface area (Å²) in [7, 11) is 0. The SMILES string of the molecule is CC(Cl)c1ncnc(OCCc2ccccc2)c1Cl. The molecule has 0 amide bonds. The van der Waals surface area contributed by atoms with Crippen molar-refractivity contribution in [3.8, 4) is 5.88 Å². The Balaban J connectivity index is 1.98. The predicted molar refractivity (Wildman–Crippen MR) is 77.0 cm³/mol. The van der Waals surface area contributed by atoms with Crippen LogP contribution in [0.3, 0.4) is 0 Å². The third kappa shape index (κ3) is 3.82. The Morgan fingerprint density at radius 2 is 1.95 bits per heavy atom. The minimum atomic E-state index is -0.271. The summed E-state index contributed by atoms with van der Waals surface area (Å²) in [5, 5.41) is 0.116. The molecule has 100 valence electrons. The van der Waals surface area contributed by atoms with E-state index in [9.17, 15) is 0 Å². The number of benzene rings is 1. The van der Waals surface area contributed by atoms with Crippen LogP contribution < -0.4 is 4.74 Å². The Bertz CT molecular complexity index is 532. The maximum absolute atomic E-state index is 6.15. The molecule has 3 nitrogen and oxygen atoms in total. The fraction of sp³-hybridized carbons (Fsp3) is 0.286. The number of hydrogen-bond acceptors (Lipinski definition) is 3. The van der Waals surface area contributed by atoms with Gasteiger partial charge in [0, 0.05) is 6.42 Å². The number of halogens is 2. The average Bonchev–Trinajstić information content (AvgIpc) is 2.41. The number of aromatic nitrogens is 2. The summed E-state index contributed by atoms with van der Waals surface area (Å²) >= 11 is 12.1. The maximum Gasteiger partial charge on any atom is 0.236 e. The molecule has 1 aromatic carbocycles. The fourth-order valence-corrected chi connectivity index (χ4v) is 2.19. The van der Waals surface area contributed by atoms with Crippen LogP contribution in [0.15, 0.2) is 36.7 Å². The fourth-order valence-electron chi connectivity index (χ4n) is 1.65. The van der Waals surface area contributed by atoms with Crippen molar-refractivity contribution in [1.82, 2.24) is 9.97 Å². The first-order chi connectivity index (χ1) is 9.18. The van der Waals surface area contributed by atoms with Crippen LogP contribution in [0, 0.1) is 0 Å². The predicted octanol–water partition coefficient (Wildman–Crippen LogP) is 4.05. The molecular weight excluding hydrogens is 283 g/mol. The van der Waals surface area contributed by atoms with Crippen LogP contribution in [0.25, 0.3) is 0 Å². The van der Waals surface area contributed by atoms with E-state index in [-0.39, 0.29) is 5.38 Å². The van der Waals surface area contributed by atoms with E-state index in [2.05, 4.69) is 22.1 Å². The number of nitrogens with zero attached hydrogens (tertiary/aromatic N) is 2. The summed E-state index contributed by atoms with van der Waals surface area (Å²) < 4.78 is 5.59. The molecule has 2 aromatic rings. The molecule has 0 aliphatic rings. The van der Waals surface area contributed by atoms with Gasteiger partial charge in [0.1, 0.15) is 11.3 Å². The number of rotatable bonds is 5. The quantitative estimate of drug-likeness (QED) is 0.781. The Labute approximate surface area is 122 Å². The molecule has 0 spiro atoms. The standard InChI is InChI=1S/C14H14Cl2N2O/c1-10(15)13-12(16)14(18-9-17-13)19-8-7-11-5-3-2-4-6-11/h2-6,9-10H,7-8H2,1H3. The van der Waals surface area contributed by atoms with E-state index in [0.29, 0.717) is 23.2 Å². The van der Waals surface area contributed by atoms with Gasteiger partial charge in [0.15, 0.2) is 0 Å². The van der Waals surface area contributed by atoms with E-state index in [1.165, 1.54) is 11.9 Å². The van der Waals surface area contributed by atoms with E-state index in [4.69, 9.17) is 27.9 Å². The minimum absolute atomic E-state index is 0.271. The van der Waals surface area contributed by atoms with Crippen LogP contribution in [0.4, 0.5) is 0 Å². The average molecular weight is 297 g/mol. The van der Waals surface area contributed by atoms with Crippen molar-refractivity contribution in [3.63, 3.8) is 0 Å². The van der Waals surface area contributed by atoms with Gasteiger partial charge in [0.05, 0.1) is 17.7 Å². The number of alkyl halides is 1. The van der Waals surface area contributed by atoms with Gasteiger partial charge in [-0.15, -0.1) is 11.6 Å². The molecule has 0 saturated carbocycles. The van der Waals surface area contributed by atoms with Gasteiger partial charge in [-0.2, -0.15) is 0 Å². The molecule has 5 heteroatoms. The molecule has 0 fully saturated rings. The molecule has 0 saturated heterocycles. The highest BCUT2D eigenvalue weighted by Gasteiger charge is 2.14. The largest absolute Gasteiger partial charge is 0.476 e. The van der Waals surface area contributed by atoms with Crippen molar-refractivity contribution < 1.29 is 4.74 Å². The summed E-state index contributed by atoms with van der Waals surface area (Å²) in [6, 6.07) is 10.1. The molecule has 1 aromatic heterocycles. The van der Waals surface area contributed by atoms with E-state index < -0.39 is 0 Å². The summed E-state index contributed by atoms with van der Waals surface area (Å²) in [6.07, 6.45) is 2.21. The molecule has 19 heavy (non-hydrogen) atoms. The highest BCUT2D eigenvalue weighted by Crippen LogP contribution is 2.30.